The highest BCUT2D eigenvalue weighted by Gasteiger charge is 2.33. The second kappa shape index (κ2) is 4.70. The molecule has 0 saturated heterocycles. The minimum absolute atomic E-state index is 0.259. The van der Waals surface area contributed by atoms with Gasteiger partial charge < -0.3 is 5.32 Å². The molecule has 5 heteroatoms. The third-order valence-corrected chi connectivity index (χ3v) is 3.00. The first-order valence-corrected chi connectivity index (χ1v) is 5.63. The fourth-order valence-electron chi connectivity index (χ4n) is 1.81. The number of hydrogen-bond acceptors (Lipinski definition) is 1. The van der Waals surface area contributed by atoms with Gasteiger partial charge in [0.25, 0.3) is 0 Å². The van der Waals surface area contributed by atoms with Gasteiger partial charge in [0.2, 0.25) is 0 Å². The van der Waals surface area contributed by atoms with Crippen LogP contribution in [0.2, 0.25) is 5.02 Å². The van der Waals surface area contributed by atoms with Crippen molar-refractivity contribution in [3.63, 3.8) is 0 Å². The standard InChI is InChI=1S/C12H11ClF3N/c13-11-4-3-8(6-10(11)12(14,15)16)9-2-1-5-17-7-9/h2-4,6,17H,1,5,7H2. The number of benzene rings is 1. The van der Waals surface area contributed by atoms with E-state index in [4.69, 9.17) is 11.6 Å². The van der Waals surface area contributed by atoms with Crippen molar-refractivity contribution in [3.8, 4) is 0 Å². The predicted molar refractivity (Wildman–Crippen MR) is 61.9 cm³/mol. The fourth-order valence-corrected chi connectivity index (χ4v) is 2.03. The lowest BCUT2D eigenvalue weighted by Crippen LogP contribution is -2.21. The lowest BCUT2D eigenvalue weighted by Gasteiger charge is -2.16. The lowest BCUT2D eigenvalue weighted by atomic mass is 10.00. The first kappa shape index (κ1) is 12.5. The van der Waals surface area contributed by atoms with Gasteiger partial charge in [-0.25, -0.2) is 0 Å². The Labute approximate surface area is 102 Å². The first-order chi connectivity index (χ1) is 7.98. The SMILES string of the molecule is FC(F)(F)c1cc(C2=CCCNC2)ccc1Cl. The normalized spacial score (nSPS) is 16.8. The maximum Gasteiger partial charge on any atom is 0.417 e. The Hall–Kier alpha value is -1.00. The molecule has 1 nitrogen and oxygen atoms in total. The molecule has 0 atom stereocenters. The molecule has 1 aliphatic rings. The molecule has 1 aromatic carbocycles. The summed E-state index contributed by atoms with van der Waals surface area (Å²) >= 11 is 5.56. The van der Waals surface area contributed by atoms with E-state index in [9.17, 15) is 13.2 Å². The lowest BCUT2D eigenvalue weighted by molar-refractivity contribution is -0.137. The topological polar surface area (TPSA) is 12.0 Å². The molecular weight excluding hydrogens is 251 g/mol. The van der Waals surface area contributed by atoms with E-state index in [1.165, 1.54) is 6.07 Å². The summed E-state index contributed by atoms with van der Waals surface area (Å²) in [5.41, 5.74) is 0.690. The average molecular weight is 262 g/mol. The van der Waals surface area contributed by atoms with Crippen molar-refractivity contribution in [2.45, 2.75) is 12.6 Å². The third-order valence-electron chi connectivity index (χ3n) is 2.67. The molecule has 0 aromatic heterocycles. The van der Waals surface area contributed by atoms with Crippen LogP contribution in [0.5, 0.6) is 0 Å². The highest BCUT2D eigenvalue weighted by molar-refractivity contribution is 6.31. The molecule has 0 aliphatic carbocycles. The molecule has 2 rings (SSSR count). The van der Waals surface area contributed by atoms with Gasteiger partial charge in [-0.15, -0.1) is 0 Å². The van der Waals surface area contributed by atoms with E-state index >= 15 is 0 Å². The molecular formula is C12H11ClF3N. The van der Waals surface area contributed by atoms with E-state index in [1.54, 1.807) is 6.07 Å². The van der Waals surface area contributed by atoms with Crippen LogP contribution in [-0.4, -0.2) is 13.1 Å². The predicted octanol–water partition coefficient (Wildman–Crippen LogP) is 3.74. The zero-order chi connectivity index (χ0) is 12.5. The van der Waals surface area contributed by atoms with Crippen molar-refractivity contribution in [1.82, 2.24) is 5.32 Å². The van der Waals surface area contributed by atoms with Gasteiger partial charge in [0, 0.05) is 6.54 Å². The van der Waals surface area contributed by atoms with Gasteiger partial charge in [-0.2, -0.15) is 13.2 Å². The molecule has 0 spiro atoms. The molecule has 1 aromatic rings. The molecule has 1 N–H and O–H groups in total. The van der Waals surface area contributed by atoms with E-state index in [-0.39, 0.29) is 5.02 Å². The monoisotopic (exact) mass is 261 g/mol. The van der Waals surface area contributed by atoms with Gasteiger partial charge in [-0.1, -0.05) is 23.7 Å². The number of rotatable bonds is 1. The molecule has 92 valence electrons. The van der Waals surface area contributed by atoms with Gasteiger partial charge in [0.15, 0.2) is 0 Å². The number of hydrogen-bond donors (Lipinski definition) is 1. The fraction of sp³-hybridized carbons (Fsp3) is 0.333. The smallest absolute Gasteiger partial charge is 0.312 e. The molecule has 0 radical (unpaired) electrons. The minimum atomic E-state index is -4.41. The largest absolute Gasteiger partial charge is 0.417 e. The second-order valence-corrected chi connectivity index (χ2v) is 4.29. The summed E-state index contributed by atoms with van der Waals surface area (Å²) < 4.78 is 38.0. The van der Waals surface area contributed by atoms with Gasteiger partial charge >= 0.3 is 6.18 Å². The van der Waals surface area contributed by atoms with Crippen molar-refractivity contribution in [2.24, 2.45) is 0 Å². The second-order valence-electron chi connectivity index (χ2n) is 3.89. The highest BCUT2D eigenvalue weighted by atomic mass is 35.5. The Morgan fingerprint density at radius 3 is 2.59 bits per heavy atom. The van der Waals surface area contributed by atoms with E-state index in [1.807, 2.05) is 6.08 Å². The zero-order valence-electron chi connectivity index (χ0n) is 8.94. The van der Waals surface area contributed by atoms with Gasteiger partial charge in [0.05, 0.1) is 10.6 Å². The minimum Gasteiger partial charge on any atom is -0.312 e. The third kappa shape index (κ3) is 2.82. The Balaban J connectivity index is 2.40. The van der Waals surface area contributed by atoms with Crippen LogP contribution in [0, 0.1) is 0 Å². The van der Waals surface area contributed by atoms with Crippen LogP contribution in [0.4, 0.5) is 13.2 Å². The molecule has 0 saturated carbocycles. The van der Waals surface area contributed by atoms with Crippen LogP contribution >= 0.6 is 11.6 Å². The highest BCUT2D eigenvalue weighted by Crippen LogP contribution is 2.36. The Kier molecular flexibility index (Phi) is 3.45. The quantitative estimate of drug-likeness (QED) is 0.812. The van der Waals surface area contributed by atoms with E-state index in [0.29, 0.717) is 12.1 Å². The van der Waals surface area contributed by atoms with E-state index in [0.717, 1.165) is 24.6 Å². The molecule has 0 unspecified atom stereocenters. The van der Waals surface area contributed by atoms with E-state index < -0.39 is 11.7 Å². The molecule has 0 bridgehead atoms. The van der Waals surface area contributed by atoms with Crippen molar-refractivity contribution in [1.29, 1.82) is 0 Å². The average Bonchev–Trinajstić information content (AvgIpc) is 2.29. The molecule has 0 fully saturated rings. The maximum atomic E-state index is 12.7. The number of halogens is 4. The molecule has 0 amide bonds. The molecule has 1 heterocycles. The molecule has 1 aliphatic heterocycles. The summed E-state index contributed by atoms with van der Waals surface area (Å²) in [6.07, 6.45) is -1.62. The van der Waals surface area contributed by atoms with Gasteiger partial charge in [0.1, 0.15) is 0 Å². The Morgan fingerprint density at radius 1 is 1.24 bits per heavy atom. The van der Waals surface area contributed by atoms with Crippen LogP contribution in [0.3, 0.4) is 0 Å². The van der Waals surface area contributed by atoms with Crippen molar-refractivity contribution in [3.05, 3.63) is 40.4 Å². The van der Waals surface area contributed by atoms with E-state index in [2.05, 4.69) is 5.32 Å². The van der Waals surface area contributed by atoms with Crippen molar-refractivity contribution >= 4 is 17.2 Å². The summed E-state index contributed by atoms with van der Waals surface area (Å²) in [5.74, 6) is 0. The summed E-state index contributed by atoms with van der Waals surface area (Å²) in [7, 11) is 0. The number of alkyl halides is 3. The van der Waals surface area contributed by atoms with Crippen molar-refractivity contribution < 1.29 is 13.2 Å². The maximum absolute atomic E-state index is 12.7. The summed E-state index contributed by atoms with van der Waals surface area (Å²) in [6.45, 7) is 1.46. The Morgan fingerprint density at radius 2 is 2.00 bits per heavy atom. The van der Waals surface area contributed by atoms with Gasteiger partial charge in [-0.05, 0) is 36.2 Å². The summed E-state index contributed by atoms with van der Waals surface area (Å²) in [4.78, 5) is 0. The van der Waals surface area contributed by atoms with Crippen molar-refractivity contribution in [2.75, 3.05) is 13.1 Å². The molecule has 17 heavy (non-hydrogen) atoms. The van der Waals surface area contributed by atoms with Gasteiger partial charge in [-0.3, -0.25) is 0 Å². The van der Waals surface area contributed by atoms with Crippen LogP contribution < -0.4 is 5.32 Å². The number of nitrogens with one attached hydrogen (secondary N) is 1. The summed E-state index contributed by atoms with van der Waals surface area (Å²) in [6, 6.07) is 4.03. The summed E-state index contributed by atoms with van der Waals surface area (Å²) in [5, 5.41) is 2.86. The van der Waals surface area contributed by atoms with Crippen LogP contribution in [-0.2, 0) is 6.18 Å². The van der Waals surface area contributed by atoms with Crippen LogP contribution in [0.15, 0.2) is 24.3 Å². The van der Waals surface area contributed by atoms with Crippen LogP contribution in [0.1, 0.15) is 17.5 Å². The first-order valence-electron chi connectivity index (χ1n) is 5.25. The Bertz CT molecular complexity index is 452. The zero-order valence-corrected chi connectivity index (χ0v) is 9.70. The van der Waals surface area contributed by atoms with Crippen LogP contribution in [0.25, 0.3) is 5.57 Å².